The van der Waals surface area contributed by atoms with Crippen LogP contribution in [0.15, 0.2) is 0 Å². The first-order chi connectivity index (χ1) is 8.69. The normalized spacial score (nSPS) is 15.2. The number of nitrogens with one attached hydrogen (secondary N) is 1. The van der Waals surface area contributed by atoms with Crippen molar-refractivity contribution in [3.8, 4) is 0 Å². The highest BCUT2D eigenvalue weighted by Gasteiger charge is 2.23. The lowest BCUT2D eigenvalue weighted by Crippen LogP contribution is -2.34. The Kier molecular flexibility index (Phi) is 4.54. The Morgan fingerprint density at radius 3 is 3.00 bits per heavy atom. The van der Waals surface area contributed by atoms with Crippen molar-refractivity contribution < 1.29 is 9.59 Å². The summed E-state index contributed by atoms with van der Waals surface area (Å²) in [5.74, 6) is 0.847. The van der Waals surface area contributed by atoms with Crippen molar-refractivity contribution in [1.29, 1.82) is 0 Å². The van der Waals surface area contributed by atoms with Crippen LogP contribution in [-0.4, -0.2) is 45.1 Å². The second kappa shape index (κ2) is 6.14. The fourth-order valence-corrected chi connectivity index (χ4v) is 3.25. The number of carbonyl (C=O) groups excluding carboxylic acids is 2. The molecular weight excluding hydrogens is 272 g/mol. The maximum atomic E-state index is 11.7. The van der Waals surface area contributed by atoms with E-state index in [4.69, 9.17) is 0 Å². The molecule has 8 heteroatoms. The van der Waals surface area contributed by atoms with Crippen molar-refractivity contribution in [2.75, 3.05) is 23.5 Å². The van der Waals surface area contributed by atoms with Crippen LogP contribution in [0.4, 0.5) is 5.13 Å². The van der Waals surface area contributed by atoms with Crippen molar-refractivity contribution in [2.24, 2.45) is 0 Å². The lowest BCUT2D eigenvalue weighted by atomic mass is 10.4. The van der Waals surface area contributed by atoms with Crippen molar-refractivity contribution in [2.45, 2.75) is 19.8 Å². The quantitative estimate of drug-likeness (QED) is 0.872. The Bertz CT molecular complexity index is 449. The van der Waals surface area contributed by atoms with Crippen LogP contribution >= 0.6 is 23.1 Å². The molecule has 0 aromatic carbocycles. The number of amides is 2. The Balaban J connectivity index is 1.84. The summed E-state index contributed by atoms with van der Waals surface area (Å²) in [6, 6.07) is 0. The first kappa shape index (κ1) is 13.3. The molecule has 1 aliphatic rings. The number of aryl methyl sites for hydroxylation is 1. The summed E-state index contributed by atoms with van der Waals surface area (Å²) in [5, 5.41) is 12.0. The fraction of sp³-hybridized carbons (Fsp3) is 0.600. The molecule has 0 unspecified atom stereocenters. The van der Waals surface area contributed by atoms with Crippen LogP contribution < -0.4 is 5.32 Å². The maximum Gasteiger partial charge on any atom is 0.245 e. The van der Waals surface area contributed by atoms with Gasteiger partial charge >= 0.3 is 0 Å². The molecule has 1 saturated heterocycles. The largest absolute Gasteiger partial charge is 0.323 e. The molecule has 1 aliphatic heterocycles. The van der Waals surface area contributed by atoms with Crippen LogP contribution in [0.1, 0.15) is 18.4 Å². The van der Waals surface area contributed by atoms with E-state index in [1.807, 2.05) is 0 Å². The van der Waals surface area contributed by atoms with Gasteiger partial charge in [0.15, 0.2) is 0 Å². The second-order valence-electron chi connectivity index (χ2n) is 3.87. The Hall–Kier alpha value is -1.15. The smallest absolute Gasteiger partial charge is 0.245 e. The third-order valence-corrected chi connectivity index (χ3v) is 4.18. The molecule has 1 fully saturated rings. The highest BCUT2D eigenvalue weighted by molar-refractivity contribution is 8.00. The van der Waals surface area contributed by atoms with E-state index in [2.05, 4.69) is 22.4 Å². The average Bonchev–Trinajstić information content (AvgIpc) is 2.90. The first-order valence-corrected chi connectivity index (χ1v) is 7.64. The zero-order valence-electron chi connectivity index (χ0n) is 10.0. The number of carbonyl (C=O) groups is 2. The predicted molar refractivity (Wildman–Crippen MR) is 71.6 cm³/mol. The monoisotopic (exact) mass is 286 g/mol. The summed E-state index contributed by atoms with van der Waals surface area (Å²) in [5.41, 5.74) is 0. The summed E-state index contributed by atoms with van der Waals surface area (Å²) in [7, 11) is 0. The molecule has 0 bridgehead atoms. The van der Waals surface area contributed by atoms with Crippen LogP contribution in [0.2, 0.25) is 0 Å². The SMILES string of the molecule is CCCc1nnc(NC(=O)CN2CSCC2=O)s1. The van der Waals surface area contributed by atoms with Gasteiger partial charge in [0.1, 0.15) is 11.6 Å². The van der Waals surface area contributed by atoms with Gasteiger partial charge in [0.05, 0.1) is 11.6 Å². The van der Waals surface area contributed by atoms with E-state index in [-0.39, 0.29) is 18.4 Å². The minimum Gasteiger partial charge on any atom is -0.323 e. The molecule has 2 amide bonds. The average molecular weight is 286 g/mol. The van der Waals surface area contributed by atoms with Crippen LogP contribution in [0, 0.1) is 0 Å². The van der Waals surface area contributed by atoms with Crippen LogP contribution in [0.3, 0.4) is 0 Å². The number of anilines is 1. The number of rotatable bonds is 5. The summed E-state index contributed by atoms with van der Waals surface area (Å²) in [4.78, 5) is 24.6. The number of hydrogen-bond acceptors (Lipinski definition) is 6. The maximum absolute atomic E-state index is 11.7. The van der Waals surface area contributed by atoms with Crippen molar-refractivity contribution in [3.63, 3.8) is 0 Å². The zero-order valence-corrected chi connectivity index (χ0v) is 11.6. The third-order valence-electron chi connectivity index (χ3n) is 2.34. The van der Waals surface area contributed by atoms with Crippen LogP contribution in [0.25, 0.3) is 0 Å². The molecule has 18 heavy (non-hydrogen) atoms. The summed E-state index contributed by atoms with van der Waals surface area (Å²) >= 11 is 2.90. The molecule has 0 radical (unpaired) electrons. The van der Waals surface area contributed by atoms with E-state index < -0.39 is 0 Å². The third kappa shape index (κ3) is 3.42. The van der Waals surface area contributed by atoms with E-state index in [0.29, 0.717) is 16.8 Å². The molecule has 1 N–H and O–H groups in total. The van der Waals surface area contributed by atoms with Gasteiger partial charge in [-0.05, 0) is 6.42 Å². The van der Waals surface area contributed by atoms with E-state index in [1.165, 1.54) is 28.0 Å². The number of hydrogen-bond donors (Lipinski definition) is 1. The summed E-state index contributed by atoms with van der Waals surface area (Å²) < 4.78 is 0. The topological polar surface area (TPSA) is 75.2 Å². The Morgan fingerprint density at radius 1 is 1.50 bits per heavy atom. The molecular formula is C10H14N4O2S2. The van der Waals surface area contributed by atoms with Crippen LogP contribution in [0.5, 0.6) is 0 Å². The lowest BCUT2D eigenvalue weighted by Gasteiger charge is -2.12. The molecule has 6 nitrogen and oxygen atoms in total. The molecule has 98 valence electrons. The highest BCUT2D eigenvalue weighted by atomic mass is 32.2. The van der Waals surface area contributed by atoms with Gasteiger partial charge in [0.25, 0.3) is 0 Å². The van der Waals surface area contributed by atoms with Crippen molar-refractivity contribution in [3.05, 3.63) is 5.01 Å². The molecule has 1 aromatic rings. The van der Waals surface area contributed by atoms with Gasteiger partial charge in [-0.3, -0.25) is 14.9 Å². The second-order valence-corrected chi connectivity index (χ2v) is 5.89. The van der Waals surface area contributed by atoms with E-state index in [0.717, 1.165) is 17.8 Å². The summed E-state index contributed by atoms with van der Waals surface area (Å²) in [6.45, 7) is 2.16. The van der Waals surface area contributed by atoms with Gasteiger partial charge in [-0.2, -0.15) is 0 Å². The minimum absolute atomic E-state index is 0.0130. The van der Waals surface area contributed by atoms with Gasteiger partial charge in [0.2, 0.25) is 16.9 Å². The van der Waals surface area contributed by atoms with Crippen molar-refractivity contribution >= 4 is 40.0 Å². The molecule has 0 aliphatic carbocycles. The van der Waals surface area contributed by atoms with Gasteiger partial charge < -0.3 is 4.90 Å². The molecule has 0 spiro atoms. The zero-order chi connectivity index (χ0) is 13.0. The molecule has 1 aromatic heterocycles. The number of aromatic nitrogens is 2. The molecule has 0 saturated carbocycles. The van der Waals surface area contributed by atoms with Gasteiger partial charge in [0, 0.05) is 6.42 Å². The molecule has 2 heterocycles. The summed E-state index contributed by atoms with van der Waals surface area (Å²) in [6.07, 6.45) is 1.87. The molecule has 2 rings (SSSR count). The van der Waals surface area contributed by atoms with E-state index in [9.17, 15) is 9.59 Å². The Labute approximate surface area is 113 Å². The van der Waals surface area contributed by atoms with Crippen LogP contribution in [-0.2, 0) is 16.0 Å². The number of thioether (sulfide) groups is 1. The highest BCUT2D eigenvalue weighted by Crippen LogP contribution is 2.17. The van der Waals surface area contributed by atoms with Crippen molar-refractivity contribution in [1.82, 2.24) is 15.1 Å². The predicted octanol–water partition coefficient (Wildman–Crippen LogP) is 0.962. The van der Waals surface area contributed by atoms with Gasteiger partial charge in [-0.1, -0.05) is 18.3 Å². The van der Waals surface area contributed by atoms with Gasteiger partial charge in [-0.25, -0.2) is 0 Å². The lowest BCUT2D eigenvalue weighted by molar-refractivity contribution is -0.130. The van der Waals surface area contributed by atoms with Gasteiger partial charge in [-0.15, -0.1) is 22.0 Å². The number of nitrogens with zero attached hydrogens (tertiary/aromatic N) is 3. The fourth-order valence-electron chi connectivity index (χ4n) is 1.49. The standard InChI is InChI=1S/C10H14N4O2S2/c1-2-3-8-12-13-10(18-8)11-7(15)4-14-6-17-5-9(14)16/h2-6H2,1H3,(H,11,13,15). The first-order valence-electron chi connectivity index (χ1n) is 5.66. The minimum atomic E-state index is -0.218. The van der Waals surface area contributed by atoms with E-state index in [1.54, 1.807) is 0 Å². The molecule has 0 atom stereocenters. The van der Waals surface area contributed by atoms with E-state index >= 15 is 0 Å². The Morgan fingerprint density at radius 2 is 2.33 bits per heavy atom.